The number of hydrogen-bond acceptors (Lipinski definition) is 2. The Morgan fingerprint density at radius 2 is 1.81 bits per heavy atom. The van der Waals surface area contributed by atoms with Gasteiger partial charge in [0.05, 0.1) is 6.54 Å². The minimum atomic E-state index is -0.272. The van der Waals surface area contributed by atoms with E-state index in [1.54, 1.807) is 17.0 Å². The molecule has 1 saturated heterocycles. The molecule has 4 nitrogen and oxygen atoms in total. The highest BCUT2D eigenvalue weighted by atomic mass is 19.1. The summed E-state index contributed by atoms with van der Waals surface area (Å²) in [4.78, 5) is 27.1. The van der Waals surface area contributed by atoms with Gasteiger partial charge >= 0.3 is 0 Å². The summed E-state index contributed by atoms with van der Waals surface area (Å²) in [5.41, 5.74) is 0.955. The van der Waals surface area contributed by atoms with Crippen LogP contribution in [0.4, 0.5) is 4.39 Å². The van der Waals surface area contributed by atoms with E-state index >= 15 is 0 Å². The highest BCUT2D eigenvalue weighted by Crippen LogP contribution is 2.09. The highest BCUT2D eigenvalue weighted by molar-refractivity contribution is 5.84. The topological polar surface area (TPSA) is 40.6 Å². The molecule has 114 valence electrons. The molecule has 0 unspecified atom stereocenters. The molecular formula is C16H21FN2O2. The van der Waals surface area contributed by atoms with Crippen LogP contribution in [0, 0.1) is 5.82 Å². The first-order valence-corrected chi connectivity index (χ1v) is 7.34. The number of amides is 2. The average molecular weight is 292 g/mol. The summed E-state index contributed by atoms with van der Waals surface area (Å²) >= 11 is 0. The zero-order valence-corrected chi connectivity index (χ0v) is 12.3. The molecule has 1 aromatic carbocycles. The molecule has 5 heteroatoms. The first-order chi connectivity index (χ1) is 10.1. The van der Waals surface area contributed by atoms with Gasteiger partial charge in [-0.1, -0.05) is 12.1 Å². The van der Waals surface area contributed by atoms with Crippen LogP contribution >= 0.6 is 0 Å². The third-order valence-electron chi connectivity index (χ3n) is 3.81. The maximum Gasteiger partial charge on any atom is 0.242 e. The van der Waals surface area contributed by atoms with E-state index in [-0.39, 0.29) is 24.2 Å². The summed E-state index contributed by atoms with van der Waals surface area (Å²) in [7, 11) is 0. The van der Waals surface area contributed by atoms with E-state index < -0.39 is 0 Å². The molecule has 0 aromatic heterocycles. The normalized spacial score (nSPS) is 14.3. The Hall–Kier alpha value is -1.91. The molecule has 0 radical (unpaired) electrons. The minimum Gasteiger partial charge on any atom is -0.341 e. The second kappa shape index (κ2) is 7.20. The second-order valence-electron chi connectivity index (χ2n) is 5.40. The second-order valence-corrected chi connectivity index (χ2v) is 5.40. The summed E-state index contributed by atoms with van der Waals surface area (Å²) in [6.07, 6.45) is 2.70. The van der Waals surface area contributed by atoms with Gasteiger partial charge in [0.15, 0.2) is 0 Å². The van der Waals surface area contributed by atoms with Crippen molar-refractivity contribution in [2.75, 3.05) is 26.2 Å². The van der Waals surface area contributed by atoms with Crippen molar-refractivity contribution in [1.29, 1.82) is 0 Å². The fourth-order valence-corrected chi connectivity index (χ4v) is 2.49. The summed E-state index contributed by atoms with van der Waals surface area (Å²) in [5, 5.41) is 0. The summed E-state index contributed by atoms with van der Waals surface area (Å²) in [6.45, 7) is 3.67. The van der Waals surface area contributed by atoms with Gasteiger partial charge in [0.25, 0.3) is 0 Å². The standard InChI is InChI=1S/C16H21FN2O2/c1-13(20)19(12-16(21)18-9-2-3-10-18)11-8-14-4-6-15(17)7-5-14/h4-7H,2-3,8-12H2,1H3. The summed E-state index contributed by atoms with van der Waals surface area (Å²) < 4.78 is 12.8. The molecule has 1 aliphatic rings. The monoisotopic (exact) mass is 292 g/mol. The molecule has 2 rings (SSSR count). The van der Waals surface area contributed by atoms with E-state index in [9.17, 15) is 14.0 Å². The lowest BCUT2D eigenvalue weighted by Gasteiger charge is -2.24. The zero-order valence-electron chi connectivity index (χ0n) is 12.3. The largest absolute Gasteiger partial charge is 0.341 e. The Kier molecular flexibility index (Phi) is 5.31. The Morgan fingerprint density at radius 3 is 2.38 bits per heavy atom. The van der Waals surface area contributed by atoms with Crippen LogP contribution in [0.15, 0.2) is 24.3 Å². The SMILES string of the molecule is CC(=O)N(CCc1ccc(F)cc1)CC(=O)N1CCCC1. The number of likely N-dealkylation sites (tertiary alicyclic amines) is 1. The van der Waals surface area contributed by atoms with Gasteiger partial charge in [-0.15, -0.1) is 0 Å². The van der Waals surface area contributed by atoms with Crippen LogP contribution in [0.2, 0.25) is 0 Å². The number of halogens is 1. The van der Waals surface area contributed by atoms with Gasteiger partial charge in [-0.2, -0.15) is 0 Å². The first kappa shape index (κ1) is 15.5. The van der Waals surface area contributed by atoms with Crippen molar-refractivity contribution < 1.29 is 14.0 Å². The molecule has 0 atom stereocenters. The molecule has 0 saturated carbocycles. The van der Waals surface area contributed by atoms with Crippen LogP contribution in [-0.4, -0.2) is 47.8 Å². The summed E-state index contributed by atoms with van der Waals surface area (Å²) in [5.74, 6) is -0.363. The molecule has 0 N–H and O–H groups in total. The number of rotatable bonds is 5. The van der Waals surface area contributed by atoms with Crippen molar-refractivity contribution in [3.05, 3.63) is 35.6 Å². The summed E-state index contributed by atoms with van der Waals surface area (Å²) in [6, 6.07) is 6.22. The quantitative estimate of drug-likeness (QED) is 0.831. The van der Waals surface area contributed by atoms with E-state index in [4.69, 9.17) is 0 Å². The molecule has 0 spiro atoms. The van der Waals surface area contributed by atoms with Gasteiger partial charge in [-0.05, 0) is 37.0 Å². The van der Waals surface area contributed by atoms with Crippen molar-refractivity contribution in [2.24, 2.45) is 0 Å². The molecule has 1 heterocycles. The molecular weight excluding hydrogens is 271 g/mol. The maximum atomic E-state index is 12.8. The van der Waals surface area contributed by atoms with Gasteiger partial charge in [0.2, 0.25) is 11.8 Å². The van der Waals surface area contributed by atoms with Crippen molar-refractivity contribution in [1.82, 2.24) is 9.80 Å². The fraction of sp³-hybridized carbons (Fsp3) is 0.500. The van der Waals surface area contributed by atoms with Crippen molar-refractivity contribution >= 4 is 11.8 Å². The lowest BCUT2D eigenvalue weighted by Crippen LogP contribution is -2.41. The van der Waals surface area contributed by atoms with Gasteiger partial charge in [0.1, 0.15) is 5.82 Å². The van der Waals surface area contributed by atoms with Crippen molar-refractivity contribution in [2.45, 2.75) is 26.2 Å². The Balaban J connectivity index is 1.88. The van der Waals surface area contributed by atoms with Gasteiger partial charge < -0.3 is 9.80 Å². The van der Waals surface area contributed by atoms with Crippen LogP contribution in [0.3, 0.4) is 0 Å². The number of carbonyl (C=O) groups excluding carboxylic acids is 2. The van der Waals surface area contributed by atoms with Gasteiger partial charge in [-0.3, -0.25) is 9.59 Å². The number of carbonyl (C=O) groups is 2. The van der Waals surface area contributed by atoms with Gasteiger partial charge in [0, 0.05) is 26.6 Å². The fourth-order valence-electron chi connectivity index (χ4n) is 2.49. The molecule has 0 aliphatic carbocycles. The van der Waals surface area contributed by atoms with E-state index in [1.807, 2.05) is 4.90 Å². The number of hydrogen-bond donors (Lipinski definition) is 0. The van der Waals surface area contributed by atoms with Gasteiger partial charge in [-0.25, -0.2) is 4.39 Å². The predicted molar refractivity (Wildman–Crippen MR) is 78.2 cm³/mol. The van der Waals surface area contributed by atoms with E-state index in [0.29, 0.717) is 13.0 Å². The molecule has 1 aliphatic heterocycles. The third-order valence-corrected chi connectivity index (χ3v) is 3.81. The first-order valence-electron chi connectivity index (χ1n) is 7.34. The van der Waals surface area contributed by atoms with E-state index in [2.05, 4.69) is 0 Å². The van der Waals surface area contributed by atoms with Crippen LogP contribution < -0.4 is 0 Å². The lowest BCUT2D eigenvalue weighted by molar-refractivity contribution is -0.138. The lowest BCUT2D eigenvalue weighted by atomic mass is 10.1. The minimum absolute atomic E-state index is 0.0156. The Bertz CT molecular complexity index is 496. The zero-order chi connectivity index (χ0) is 15.2. The van der Waals surface area contributed by atoms with Crippen molar-refractivity contribution in [3.8, 4) is 0 Å². The molecule has 21 heavy (non-hydrogen) atoms. The van der Waals surface area contributed by atoms with Crippen LogP contribution in [0.5, 0.6) is 0 Å². The number of benzene rings is 1. The third kappa shape index (κ3) is 4.55. The highest BCUT2D eigenvalue weighted by Gasteiger charge is 2.21. The van der Waals surface area contributed by atoms with Crippen molar-refractivity contribution in [3.63, 3.8) is 0 Å². The van der Waals surface area contributed by atoms with E-state index in [1.165, 1.54) is 19.1 Å². The van der Waals surface area contributed by atoms with Crippen LogP contribution in [0.25, 0.3) is 0 Å². The van der Waals surface area contributed by atoms with E-state index in [0.717, 1.165) is 31.5 Å². The van der Waals surface area contributed by atoms with Crippen LogP contribution in [-0.2, 0) is 16.0 Å². The smallest absolute Gasteiger partial charge is 0.242 e. The Labute approximate surface area is 124 Å². The Morgan fingerprint density at radius 1 is 1.19 bits per heavy atom. The average Bonchev–Trinajstić information content (AvgIpc) is 2.99. The predicted octanol–water partition coefficient (Wildman–Crippen LogP) is 1.84. The molecule has 2 amide bonds. The molecule has 1 aromatic rings. The molecule has 1 fully saturated rings. The van der Waals surface area contributed by atoms with Crippen LogP contribution in [0.1, 0.15) is 25.3 Å². The number of nitrogens with zero attached hydrogens (tertiary/aromatic N) is 2. The molecule has 0 bridgehead atoms. The maximum absolute atomic E-state index is 12.8.